The van der Waals surface area contributed by atoms with Crippen molar-refractivity contribution in [3.05, 3.63) is 35.9 Å². The van der Waals surface area contributed by atoms with Crippen LogP contribution in [0.4, 0.5) is 0 Å². The molecule has 0 atom stereocenters. The summed E-state index contributed by atoms with van der Waals surface area (Å²) in [5, 5.41) is 5.92. The summed E-state index contributed by atoms with van der Waals surface area (Å²) in [6.45, 7) is 3.99. The number of aryl methyl sites for hydroxylation is 1. The van der Waals surface area contributed by atoms with E-state index < -0.39 is 5.41 Å². The van der Waals surface area contributed by atoms with Crippen molar-refractivity contribution < 1.29 is 9.59 Å². The molecule has 0 aliphatic heterocycles. The highest BCUT2D eigenvalue weighted by atomic mass is 16.2. The largest absolute Gasteiger partial charge is 0.355 e. The third-order valence-electron chi connectivity index (χ3n) is 4.60. The molecule has 126 valence electrons. The van der Waals surface area contributed by atoms with Gasteiger partial charge in [-0.3, -0.25) is 9.59 Å². The third kappa shape index (κ3) is 5.08. The van der Waals surface area contributed by atoms with E-state index in [0.717, 1.165) is 38.5 Å². The van der Waals surface area contributed by atoms with E-state index in [9.17, 15) is 9.59 Å². The zero-order valence-corrected chi connectivity index (χ0v) is 14.2. The van der Waals surface area contributed by atoms with E-state index in [0.29, 0.717) is 6.54 Å². The van der Waals surface area contributed by atoms with Gasteiger partial charge in [0.2, 0.25) is 11.8 Å². The molecule has 0 radical (unpaired) electrons. The van der Waals surface area contributed by atoms with Crippen LogP contribution in [0.2, 0.25) is 0 Å². The molecule has 4 heteroatoms. The van der Waals surface area contributed by atoms with Crippen LogP contribution in [0.5, 0.6) is 0 Å². The summed E-state index contributed by atoms with van der Waals surface area (Å²) in [4.78, 5) is 24.7. The van der Waals surface area contributed by atoms with E-state index in [4.69, 9.17) is 0 Å². The Morgan fingerprint density at radius 1 is 1.09 bits per heavy atom. The summed E-state index contributed by atoms with van der Waals surface area (Å²) in [6, 6.07) is 10.4. The van der Waals surface area contributed by atoms with E-state index in [1.165, 1.54) is 5.56 Å². The molecule has 1 aliphatic carbocycles. The molecule has 0 bridgehead atoms. The van der Waals surface area contributed by atoms with Gasteiger partial charge in [-0.05, 0) is 45.1 Å². The number of amides is 2. The molecule has 1 aromatic rings. The van der Waals surface area contributed by atoms with E-state index in [-0.39, 0.29) is 17.9 Å². The molecule has 2 amide bonds. The number of benzene rings is 1. The molecule has 23 heavy (non-hydrogen) atoms. The second kappa shape index (κ2) is 8.14. The van der Waals surface area contributed by atoms with Crippen LogP contribution >= 0.6 is 0 Å². The molecule has 0 aromatic heterocycles. The van der Waals surface area contributed by atoms with Crippen molar-refractivity contribution in [3.63, 3.8) is 0 Å². The van der Waals surface area contributed by atoms with Crippen LogP contribution in [0.25, 0.3) is 0 Å². The standard InChI is InChI=1S/C19H28N2O2/c1-19(2,18(23)21-16-12-6-7-13-16)17(22)20-14-8-11-15-9-4-3-5-10-15/h3-5,9-10,16H,6-8,11-14H2,1-2H3,(H,20,22)(H,21,23). The lowest BCUT2D eigenvalue weighted by Gasteiger charge is -2.25. The first-order valence-electron chi connectivity index (χ1n) is 8.63. The Morgan fingerprint density at radius 3 is 2.39 bits per heavy atom. The maximum Gasteiger partial charge on any atom is 0.235 e. The van der Waals surface area contributed by atoms with Gasteiger partial charge in [-0.2, -0.15) is 0 Å². The Bertz CT molecular complexity index is 519. The zero-order valence-electron chi connectivity index (χ0n) is 14.2. The van der Waals surface area contributed by atoms with Gasteiger partial charge in [0.05, 0.1) is 0 Å². The summed E-state index contributed by atoms with van der Waals surface area (Å²) in [5.74, 6) is -0.356. The maximum absolute atomic E-state index is 12.3. The predicted molar refractivity (Wildman–Crippen MR) is 92.0 cm³/mol. The Balaban J connectivity index is 1.73. The summed E-state index contributed by atoms with van der Waals surface area (Å²) < 4.78 is 0. The van der Waals surface area contributed by atoms with E-state index in [2.05, 4.69) is 22.8 Å². The molecule has 0 unspecified atom stereocenters. The first-order valence-corrected chi connectivity index (χ1v) is 8.63. The van der Waals surface area contributed by atoms with Crippen LogP contribution in [0.15, 0.2) is 30.3 Å². The van der Waals surface area contributed by atoms with Crippen molar-refractivity contribution in [1.29, 1.82) is 0 Å². The van der Waals surface area contributed by atoms with E-state index in [1.807, 2.05) is 18.2 Å². The monoisotopic (exact) mass is 316 g/mol. The van der Waals surface area contributed by atoms with Gasteiger partial charge in [-0.25, -0.2) is 0 Å². The lowest BCUT2D eigenvalue weighted by Crippen LogP contribution is -2.50. The van der Waals surface area contributed by atoms with Gasteiger partial charge in [0.25, 0.3) is 0 Å². The van der Waals surface area contributed by atoms with Crippen molar-refractivity contribution in [2.24, 2.45) is 5.41 Å². The van der Waals surface area contributed by atoms with Crippen LogP contribution in [0.3, 0.4) is 0 Å². The smallest absolute Gasteiger partial charge is 0.235 e. The van der Waals surface area contributed by atoms with Gasteiger partial charge >= 0.3 is 0 Å². The van der Waals surface area contributed by atoms with Crippen LogP contribution in [0, 0.1) is 5.41 Å². The summed E-state index contributed by atoms with van der Waals surface area (Å²) in [5.41, 5.74) is 0.245. The lowest BCUT2D eigenvalue weighted by molar-refractivity contribution is -0.141. The predicted octanol–water partition coefficient (Wildman–Crippen LogP) is 2.82. The molecule has 1 fully saturated rings. The molecule has 0 spiro atoms. The minimum absolute atomic E-state index is 0.162. The number of hydrogen-bond donors (Lipinski definition) is 2. The Hall–Kier alpha value is -1.84. The molecule has 1 aliphatic rings. The molecule has 4 nitrogen and oxygen atoms in total. The second-order valence-electron chi connectivity index (χ2n) is 6.92. The minimum atomic E-state index is -1.02. The number of carbonyl (C=O) groups is 2. The molecule has 1 aromatic carbocycles. The normalized spacial score (nSPS) is 15.4. The summed E-state index contributed by atoms with van der Waals surface area (Å²) in [6.07, 6.45) is 6.18. The molecular formula is C19H28N2O2. The van der Waals surface area contributed by atoms with Crippen molar-refractivity contribution in [1.82, 2.24) is 10.6 Å². The van der Waals surface area contributed by atoms with Crippen LogP contribution in [0.1, 0.15) is 51.5 Å². The van der Waals surface area contributed by atoms with Crippen LogP contribution < -0.4 is 10.6 Å². The fraction of sp³-hybridized carbons (Fsp3) is 0.579. The average molecular weight is 316 g/mol. The van der Waals surface area contributed by atoms with E-state index in [1.54, 1.807) is 13.8 Å². The first kappa shape index (κ1) is 17.5. The zero-order chi connectivity index (χ0) is 16.7. The van der Waals surface area contributed by atoms with Crippen molar-refractivity contribution in [3.8, 4) is 0 Å². The quantitative estimate of drug-likeness (QED) is 0.600. The lowest BCUT2D eigenvalue weighted by atomic mass is 9.90. The molecule has 0 saturated heterocycles. The van der Waals surface area contributed by atoms with Gasteiger partial charge in [0, 0.05) is 12.6 Å². The van der Waals surface area contributed by atoms with Crippen molar-refractivity contribution in [2.45, 2.75) is 58.4 Å². The van der Waals surface area contributed by atoms with Gasteiger partial charge in [-0.15, -0.1) is 0 Å². The Kier molecular flexibility index (Phi) is 6.20. The average Bonchev–Trinajstić information content (AvgIpc) is 3.05. The van der Waals surface area contributed by atoms with Crippen molar-refractivity contribution >= 4 is 11.8 Å². The molecule has 2 rings (SSSR count). The summed E-state index contributed by atoms with van der Waals surface area (Å²) >= 11 is 0. The van der Waals surface area contributed by atoms with Crippen LogP contribution in [-0.2, 0) is 16.0 Å². The molecule has 1 saturated carbocycles. The fourth-order valence-corrected chi connectivity index (χ4v) is 2.90. The highest BCUT2D eigenvalue weighted by Crippen LogP contribution is 2.21. The maximum atomic E-state index is 12.3. The Morgan fingerprint density at radius 2 is 1.74 bits per heavy atom. The van der Waals surface area contributed by atoms with Crippen molar-refractivity contribution in [2.75, 3.05) is 6.54 Å². The number of nitrogens with one attached hydrogen (secondary N) is 2. The van der Waals surface area contributed by atoms with Gasteiger partial charge in [0.15, 0.2) is 0 Å². The second-order valence-corrected chi connectivity index (χ2v) is 6.92. The minimum Gasteiger partial charge on any atom is -0.355 e. The first-order chi connectivity index (χ1) is 11.0. The number of rotatable bonds is 7. The highest BCUT2D eigenvalue weighted by molar-refractivity contribution is 6.04. The fourth-order valence-electron chi connectivity index (χ4n) is 2.90. The highest BCUT2D eigenvalue weighted by Gasteiger charge is 2.37. The molecular weight excluding hydrogens is 288 g/mol. The third-order valence-corrected chi connectivity index (χ3v) is 4.60. The van der Waals surface area contributed by atoms with Gasteiger partial charge < -0.3 is 10.6 Å². The number of carbonyl (C=O) groups excluding carboxylic acids is 2. The SMILES string of the molecule is CC(C)(C(=O)NCCCc1ccccc1)C(=O)NC1CCCC1. The topological polar surface area (TPSA) is 58.2 Å². The van der Waals surface area contributed by atoms with E-state index >= 15 is 0 Å². The van der Waals surface area contributed by atoms with Gasteiger partial charge in [0.1, 0.15) is 5.41 Å². The number of hydrogen-bond acceptors (Lipinski definition) is 2. The summed E-state index contributed by atoms with van der Waals surface area (Å²) in [7, 11) is 0. The van der Waals surface area contributed by atoms with Gasteiger partial charge in [-0.1, -0.05) is 43.2 Å². The molecule has 0 heterocycles. The van der Waals surface area contributed by atoms with Crippen LogP contribution in [-0.4, -0.2) is 24.4 Å². The Labute approximate surface area is 139 Å². The molecule has 2 N–H and O–H groups in total.